The topological polar surface area (TPSA) is 252 Å². The Morgan fingerprint density at radius 2 is 0.227 bits per heavy atom. The van der Waals surface area contributed by atoms with Crippen LogP contribution in [0.4, 0.5) is 0 Å². The minimum atomic E-state index is 0.509. The van der Waals surface area contributed by atoms with Crippen LogP contribution < -0.4 is 0 Å². The van der Waals surface area contributed by atoms with Gasteiger partial charge in [0, 0.05) is 100 Å². The second kappa shape index (κ2) is 44.1. The molecule has 0 amide bonds. The van der Waals surface area contributed by atoms with E-state index in [0.717, 1.165) is 179 Å². The summed E-state index contributed by atoms with van der Waals surface area (Å²) in [7, 11) is 0. The van der Waals surface area contributed by atoms with Crippen molar-refractivity contribution in [3.63, 3.8) is 0 Å². The lowest BCUT2D eigenvalue weighted by Crippen LogP contribution is -2.02. The molecule has 0 radical (unpaired) electrons. The molecule has 0 saturated carbocycles. The van der Waals surface area contributed by atoms with Gasteiger partial charge in [0.05, 0.1) is 80.4 Å². The third-order valence-corrected chi connectivity index (χ3v) is 25.3. The number of hydrogen-bond donors (Lipinski definition) is 0. The van der Waals surface area contributed by atoms with Crippen molar-refractivity contribution in [2.24, 2.45) is 0 Å². The highest BCUT2D eigenvalue weighted by Crippen LogP contribution is 2.42. The van der Waals surface area contributed by atoms with Crippen LogP contribution in [0.15, 0.2) is 516 Å². The third-order valence-electron chi connectivity index (χ3n) is 25.3. The molecule has 0 bridgehead atoms. The van der Waals surface area contributed by atoms with E-state index in [-0.39, 0.29) is 0 Å². The van der Waals surface area contributed by atoms with E-state index in [1.54, 1.807) is 0 Å². The molecule has 18 aromatic carbocycles. The summed E-state index contributed by atoms with van der Waals surface area (Å²) >= 11 is 0. The maximum Gasteiger partial charge on any atom is 0.164 e. The highest BCUT2D eigenvalue weighted by atomic mass is 15.1. The molecule has 0 fully saturated rings. The van der Waals surface area contributed by atoms with Crippen molar-refractivity contribution in [2.45, 2.75) is 0 Å². The van der Waals surface area contributed by atoms with Crippen molar-refractivity contribution in [3.05, 3.63) is 532 Å². The van der Waals surface area contributed by atoms with Crippen LogP contribution in [0.5, 0.6) is 0 Å². The summed E-state index contributed by atoms with van der Waals surface area (Å²) in [5, 5.41) is 28.4. The molecule has 0 aliphatic carbocycles. The quantitative estimate of drug-likeness (QED) is 0.0648. The monoisotopic (exact) mass is 1920 g/mol. The van der Waals surface area contributed by atoms with Gasteiger partial charge in [-0.3, -0.25) is 0 Å². The zero-order chi connectivity index (χ0) is 101. The summed E-state index contributed by atoms with van der Waals surface area (Å²) in [6.07, 6.45) is 0. The molecule has 150 heavy (non-hydrogen) atoms. The fourth-order valence-corrected chi connectivity index (χ4v) is 17.6. The molecule has 0 saturated heterocycles. The van der Waals surface area contributed by atoms with Gasteiger partial charge < -0.3 is 0 Å². The molecule has 0 unspecified atom stereocenters. The third kappa shape index (κ3) is 21.9. The first-order valence-corrected chi connectivity index (χ1v) is 48.8. The maximum absolute atomic E-state index is 9.49. The number of hydrogen-bond acceptors (Lipinski definition) is 17. The molecule has 0 atom stereocenters. The number of rotatable bonds is 21. The van der Waals surface area contributed by atoms with E-state index < -0.39 is 0 Å². The lowest BCUT2D eigenvalue weighted by atomic mass is 9.95. The lowest BCUT2D eigenvalue weighted by Gasteiger charge is -2.14. The Labute approximate surface area is 867 Å². The van der Waals surface area contributed by atoms with Crippen LogP contribution in [0.25, 0.3) is 237 Å². The molecule has 0 aliphatic rings. The molecule has 24 rings (SSSR count). The summed E-state index contributed by atoms with van der Waals surface area (Å²) in [5.41, 5.74) is 30.5. The van der Waals surface area contributed by atoms with Gasteiger partial charge in [-0.1, -0.05) is 400 Å². The van der Waals surface area contributed by atoms with E-state index in [1.165, 1.54) is 0 Å². The van der Waals surface area contributed by atoms with Gasteiger partial charge in [0.25, 0.3) is 0 Å². The standard InChI is InChI=1S/2C45H29N5.C43H27N7/c46-30-31-21-23-32(24-22-31)37-25-38(42-28-40(33-13-5-1-6-14-33)47-44(49-42)35-17-9-3-10-18-35)27-39(26-37)43-29-41(34-15-7-2-8-16-34)48-45(50-43)36-19-11-4-12-20-36;46-30-31-21-23-32(24-22-31)37-25-38(44-47-40(33-13-5-1-6-14-33)28-41(48-44)34-15-7-2-8-16-34)27-39(26-37)45-49-42(35-17-9-3-10-18-35)29-43(50-45)36-19-11-4-12-20-36;44-28-29-21-23-30(24-22-29)35-25-36(42-47-38(31-13-5-1-6-14-31)45-39(48-42)32-15-7-2-8-16-32)27-37(26-35)43-49-40(33-17-9-3-10-18-33)46-41(50-43)34-19-11-4-12-20-34/h2*1-29H;1-27H. The van der Waals surface area contributed by atoms with E-state index >= 15 is 0 Å². The lowest BCUT2D eigenvalue weighted by molar-refractivity contribution is 1.07. The van der Waals surface area contributed by atoms with E-state index in [9.17, 15) is 15.8 Å². The van der Waals surface area contributed by atoms with Crippen molar-refractivity contribution in [2.75, 3.05) is 0 Å². The molecule has 6 aromatic heterocycles. The smallest absolute Gasteiger partial charge is 0.164 e. The molecule has 17 heteroatoms. The average molecular weight is 1920 g/mol. The summed E-state index contributed by atoms with van der Waals surface area (Å²) in [6, 6.07) is 177. The number of aromatic nitrogens is 14. The molecule has 0 aliphatic heterocycles. The zero-order valence-corrected chi connectivity index (χ0v) is 80.7. The number of nitriles is 3. The van der Waals surface area contributed by atoms with Crippen LogP contribution in [-0.2, 0) is 0 Å². The zero-order valence-electron chi connectivity index (χ0n) is 80.7. The van der Waals surface area contributed by atoms with Gasteiger partial charge in [-0.15, -0.1) is 0 Å². The molecular weight excluding hydrogens is 1840 g/mol. The molecule has 702 valence electrons. The second-order valence-electron chi connectivity index (χ2n) is 35.3. The van der Waals surface area contributed by atoms with Gasteiger partial charge in [0.2, 0.25) is 0 Å². The van der Waals surface area contributed by atoms with Gasteiger partial charge in [-0.25, -0.2) is 69.8 Å². The summed E-state index contributed by atoms with van der Waals surface area (Å²) in [5.74, 6) is 5.75. The molecule has 17 nitrogen and oxygen atoms in total. The van der Waals surface area contributed by atoms with E-state index in [1.807, 2.05) is 394 Å². The van der Waals surface area contributed by atoms with Crippen LogP contribution in [0.1, 0.15) is 16.7 Å². The van der Waals surface area contributed by atoms with Crippen molar-refractivity contribution in [3.8, 4) is 256 Å². The average Bonchev–Trinajstić information content (AvgIpc) is 0.777. The highest BCUT2D eigenvalue weighted by molar-refractivity contribution is 5.87. The highest BCUT2D eigenvalue weighted by Gasteiger charge is 2.24. The Bertz CT molecular complexity index is 7440. The summed E-state index contributed by atoms with van der Waals surface area (Å²) in [4.78, 5) is 70.6. The van der Waals surface area contributed by atoms with Crippen LogP contribution in [0, 0.1) is 34.0 Å². The SMILES string of the molecule is N#Cc1ccc(-c2cc(-c3cc(-c4ccccc4)nc(-c4ccccc4)n3)cc(-c3cc(-c4ccccc4)nc(-c4ccccc4)n3)c2)cc1.N#Cc1ccc(-c2cc(-c3nc(-c4ccccc4)cc(-c4ccccc4)n3)cc(-c3nc(-c4ccccc4)cc(-c4ccccc4)n3)c2)cc1.N#Cc1ccc(-c2cc(-c3nc(-c4ccccc4)nc(-c4ccccc4)n3)cc(-c3nc(-c4ccccc4)nc(-c4ccccc4)n3)c2)cc1. The minimum Gasteiger partial charge on any atom is -0.228 e. The normalized spacial score (nSPS) is 10.8. The largest absolute Gasteiger partial charge is 0.228 e. The van der Waals surface area contributed by atoms with E-state index in [0.29, 0.717) is 74.9 Å². The fraction of sp³-hybridized carbons (Fsp3) is 0. The Balaban J connectivity index is 0.000000127. The van der Waals surface area contributed by atoms with E-state index in [4.69, 9.17) is 69.8 Å². The maximum atomic E-state index is 9.49. The van der Waals surface area contributed by atoms with Crippen LogP contribution in [0.2, 0.25) is 0 Å². The van der Waals surface area contributed by atoms with Crippen molar-refractivity contribution < 1.29 is 0 Å². The van der Waals surface area contributed by atoms with Crippen LogP contribution in [0.3, 0.4) is 0 Å². The number of benzene rings is 18. The first kappa shape index (κ1) is 93.7. The summed E-state index contributed by atoms with van der Waals surface area (Å²) in [6.45, 7) is 0. The summed E-state index contributed by atoms with van der Waals surface area (Å²) < 4.78 is 0. The van der Waals surface area contributed by atoms with Crippen LogP contribution >= 0.6 is 0 Å². The predicted molar refractivity (Wildman–Crippen MR) is 597 cm³/mol. The second-order valence-corrected chi connectivity index (χ2v) is 35.3. The number of nitrogens with zero attached hydrogens (tertiary/aromatic N) is 17. The van der Waals surface area contributed by atoms with Gasteiger partial charge in [0.1, 0.15) is 0 Å². The van der Waals surface area contributed by atoms with Crippen molar-refractivity contribution >= 4 is 0 Å². The minimum absolute atomic E-state index is 0.509. The van der Waals surface area contributed by atoms with Crippen molar-refractivity contribution in [1.82, 2.24) is 69.8 Å². The molecule has 0 N–H and O–H groups in total. The fourth-order valence-electron chi connectivity index (χ4n) is 17.6. The first-order chi connectivity index (χ1) is 74.1. The van der Waals surface area contributed by atoms with Gasteiger partial charge >= 0.3 is 0 Å². The van der Waals surface area contributed by atoms with Crippen molar-refractivity contribution in [1.29, 1.82) is 15.8 Å². The Hall–Kier alpha value is -21.2. The van der Waals surface area contributed by atoms with Gasteiger partial charge in [0.15, 0.2) is 58.2 Å². The van der Waals surface area contributed by atoms with E-state index in [2.05, 4.69) is 140 Å². The predicted octanol–water partition coefficient (Wildman–Crippen LogP) is 31.2. The Kier molecular flexibility index (Phi) is 27.6. The Morgan fingerprint density at radius 3 is 0.400 bits per heavy atom. The van der Waals surface area contributed by atoms with Gasteiger partial charge in [-0.05, 0) is 149 Å². The Morgan fingerprint density at radius 1 is 0.100 bits per heavy atom. The molecular formula is C133H85N17. The molecule has 24 aromatic rings. The van der Waals surface area contributed by atoms with Crippen LogP contribution in [-0.4, -0.2) is 69.8 Å². The molecule has 6 heterocycles. The first-order valence-electron chi connectivity index (χ1n) is 48.8. The van der Waals surface area contributed by atoms with Gasteiger partial charge in [-0.2, -0.15) is 15.8 Å². The molecule has 0 spiro atoms.